The van der Waals surface area contributed by atoms with Gasteiger partial charge in [0.2, 0.25) is 5.91 Å². The van der Waals surface area contributed by atoms with Crippen molar-refractivity contribution >= 4 is 27.9 Å². The fourth-order valence-electron chi connectivity index (χ4n) is 1.89. The summed E-state index contributed by atoms with van der Waals surface area (Å²) >= 11 is 3.39. The molecule has 0 aromatic heterocycles. The number of carbonyl (C=O) groups excluding carboxylic acids is 2. The van der Waals surface area contributed by atoms with Crippen LogP contribution in [0.4, 0.5) is 4.79 Å². The maximum absolute atomic E-state index is 11.8. The summed E-state index contributed by atoms with van der Waals surface area (Å²) in [5.41, 5.74) is 1.11. The predicted molar refractivity (Wildman–Crippen MR) is 91.5 cm³/mol. The Bertz CT molecular complexity index is 489. The third-order valence-corrected chi connectivity index (χ3v) is 3.57. The van der Waals surface area contributed by atoms with E-state index >= 15 is 0 Å². The van der Waals surface area contributed by atoms with Gasteiger partial charge in [0.15, 0.2) is 0 Å². The molecule has 0 heterocycles. The monoisotopic (exact) mass is 369 g/mol. The Hall–Kier alpha value is -1.40. The number of likely N-dealkylation sites (N-methyl/N-ethyl adjacent to an activating group) is 1. The van der Waals surface area contributed by atoms with Gasteiger partial charge in [0.05, 0.1) is 6.54 Å². The molecular formula is C16H24BrN3O2. The lowest BCUT2D eigenvalue weighted by molar-refractivity contribution is -0.120. The van der Waals surface area contributed by atoms with E-state index in [0.29, 0.717) is 19.0 Å². The molecule has 0 atom stereocenters. The first kappa shape index (κ1) is 18.6. The maximum atomic E-state index is 11.8. The largest absolute Gasteiger partial charge is 0.338 e. The fourth-order valence-corrected chi connectivity index (χ4v) is 2.15. The minimum Gasteiger partial charge on any atom is -0.338 e. The minimum atomic E-state index is -0.428. The lowest BCUT2D eigenvalue weighted by Crippen LogP contribution is -2.44. The van der Waals surface area contributed by atoms with Crippen molar-refractivity contribution in [3.63, 3.8) is 0 Å². The Morgan fingerprint density at radius 1 is 1.23 bits per heavy atom. The summed E-state index contributed by atoms with van der Waals surface area (Å²) in [7, 11) is 1.85. The van der Waals surface area contributed by atoms with Crippen LogP contribution in [0.5, 0.6) is 0 Å². The molecule has 1 rings (SSSR count). The number of nitrogens with zero attached hydrogens (tertiary/aromatic N) is 1. The van der Waals surface area contributed by atoms with E-state index in [1.165, 1.54) is 0 Å². The summed E-state index contributed by atoms with van der Waals surface area (Å²) in [5.74, 6) is 0.217. The molecule has 1 aromatic rings. The van der Waals surface area contributed by atoms with Crippen molar-refractivity contribution in [1.82, 2.24) is 15.5 Å². The lowest BCUT2D eigenvalue weighted by Gasteiger charge is -2.16. The van der Waals surface area contributed by atoms with E-state index in [4.69, 9.17) is 0 Å². The first-order chi connectivity index (χ1) is 10.4. The van der Waals surface area contributed by atoms with Gasteiger partial charge < -0.3 is 5.32 Å². The summed E-state index contributed by atoms with van der Waals surface area (Å²) in [6.45, 7) is 5.57. The number of imide groups is 1. The van der Waals surface area contributed by atoms with Gasteiger partial charge in [-0.25, -0.2) is 4.79 Å². The van der Waals surface area contributed by atoms with E-state index in [1.54, 1.807) is 0 Å². The standard InChI is InChI=1S/C16H24BrN3O2/c1-12(2)8-9-18-16(22)19-15(21)11-20(3)10-13-4-6-14(17)7-5-13/h4-7,12H,8-11H2,1-3H3,(H2,18,19,21,22). The van der Waals surface area contributed by atoms with Crippen molar-refractivity contribution in [2.45, 2.75) is 26.8 Å². The van der Waals surface area contributed by atoms with Crippen LogP contribution in [-0.4, -0.2) is 37.0 Å². The SMILES string of the molecule is CC(C)CCNC(=O)NC(=O)CN(C)Cc1ccc(Br)cc1. The summed E-state index contributed by atoms with van der Waals surface area (Å²) in [6, 6.07) is 7.49. The van der Waals surface area contributed by atoms with Crippen LogP contribution in [-0.2, 0) is 11.3 Å². The normalized spacial score (nSPS) is 10.8. The first-order valence-electron chi connectivity index (χ1n) is 7.37. The van der Waals surface area contributed by atoms with Crippen molar-refractivity contribution in [2.24, 2.45) is 5.92 Å². The number of amides is 3. The Balaban J connectivity index is 2.28. The number of urea groups is 1. The number of hydrogen-bond donors (Lipinski definition) is 2. The molecule has 0 unspecified atom stereocenters. The highest BCUT2D eigenvalue weighted by atomic mass is 79.9. The molecule has 0 aliphatic carbocycles. The Morgan fingerprint density at radius 2 is 1.86 bits per heavy atom. The highest BCUT2D eigenvalue weighted by molar-refractivity contribution is 9.10. The van der Waals surface area contributed by atoms with Gasteiger partial charge in [-0.2, -0.15) is 0 Å². The molecule has 0 saturated carbocycles. The molecule has 22 heavy (non-hydrogen) atoms. The zero-order valence-electron chi connectivity index (χ0n) is 13.4. The molecule has 2 N–H and O–H groups in total. The van der Waals surface area contributed by atoms with Gasteiger partial charge in [0.1, 0.15) is 0 Å². The molecule has 0 bridgehead atoms. The average Bonchev–Trinajstić information content (AvgIpc) is 2.40. The molecule has 0 spiro atoms. The fraction of sp³-hybridized carbons (Fsp3) is 0.500. The van der Waals surface area contributed by atoms with Crippen molar-refractivity contribution in [2.75, 3.05) is 20.1 Å². The molecule has 3 amide bonds. The van der Waals surface area contributed by atoms with Gasteiger partial charge >= 0.3 is 6.03 Å². The Kier molecular flexibility index (Phi) is 8.12. The number of rotatable bonds is 7. The highest BCUT2D eigenvalue weighted by Gasteiger charge is 2.10. The molecule has 0 saturated heterocycles. The minimum absolute atomic E-state index is 0.174. The van der Waals surface area contributed by atoms with Gasteiger partial charge in [-0.05, 0) is 37.1 Å². The van der Waals surface area contributed by atoms with E-state index in [-0.39, 0.29) is 12.5 Å². The number of carbonyl (C=O) groups is 2. The topological polar surface area (TPSA) is 61.4 Å². The highest BCUT2D eigenvalue weighted by Crippen LogP contribution is 2.11. The van der Waals surface area contributed by atoms with Crippen LogP contribution >= 0.6 is 15.9 Å². The van der Waals surface area contributed by atoms with Gasteiger partial charge in [-0.1, -0.05) is 41.9 Å². The lowest BCUT2D eigenvalue weighted by atomic mass is 10.1. The molecule has 1 aromatic carbocycles. The quantitative estimate of drug-likeness (QED) is 0.776. The second kappa shape index (κ2) is 9.58. The number of benzene rings is 1. The van der Waals surface area contributed by atoms with Crippen LogP contribution in [0, 0.1) is 5.92 Å². The van der Waals surface area contributed by atoms with Crippen molar-refractivity contribution in [3.05, 3.63) is 34.3 Å². The Morgan fingerprint density at radius 3 is 2.45 bits per heavy atom. The molecule has 0 radical (unpaired) electrons. The number of hydrogen-bond acceptors (Lipinski definition) is 3. The van der Waals surface area contributed by atoms with Crippen LogP contribution < -0.4 is 10.6 Å². The number of halogens is 1. The molecule has 6 heteroatoms. The summed E-state index contributed by atoms with van der Waals surface area (Å²) < 4.78 is 1.02. The van der Waals surface area contributed by atoms with Crippen molar-refractivity contribution in [3.8, 4) is 0 Å². The van der Waals surface area contributed by atoms with Crippen LogP contribution in [0.25, 0.3) is 0 Å². The van der Waals surface area contributed by atoms with Gasteiger partial charge in [0, 0.05) is 17.6 Å². The van der Waals surface area contributed by atoms with Gasteiger partial charge in [-0.3, -0.25) is 15.0 Å². The second-order valence-electron chi connectivity index (χ2n) is 5.79. The third-order valence-electron chi connectivity index (χ3n) is 3.04. The van der Waals surface area contributed by atoms with E-state index in [1.807, 2.05) is 36.2 Å². The zero-order chi connectivity index (χ0) is 16.5. The molecule has 5 nitrogen and oxygen atoms in total. The summed E-state index contributed by atoms with van der Waals surface area (Å²) in [4.78, 5) is 25.2. The molecule has 0 aliphatic rings. The van der Waals surface area contributed by atoms with Crippen LogP contribution in [0.1, 0.15) is 25.8 Å². The van der Waals surface area contributed by atoms with Crippen LogP contribution in [0.3, 0.4) is 0 Å². The van der Waals surface area contributed by atoms with Gasteiger partial charge in [-0.15, -0.1) is 0 Å². The smallest absolute Gasteiger partial charge is 0.321 e. The van der Waals surface area contributed by atoms with E-state index in [9.17, 15) is 9.59 Å². The van der Waals surface area contributed by atoms with Crippen molar-refractivity contribution in [1.29, 1.82) is 0 Å². The maximum Gasteiger partial charge on any atom is 0.321 e. The molecule has 0 fully saturated rings. The molecule has 0 aliphatic heterocycles. The summed E-state index contributed by atoms with van der Waals surface area (Å²) in [6.07, 6.45) is 0.894. The Labute approximate surface area is 140 Å². The zero-order valence-corrected chi connectivity index (χ0v) is 14.9. The third kappa shape index (κ3) is 8.14. The van der Waals surface area contributed by atoms with Crippen molar-refractivity contribution < 1.29 is 9.59 Å². The number of nitrogens with one attached hydrogen (secondary N) is 2. The van der Waals surface area contributed by atoms with E-state index < -0.39 is 6.03 Å². The van der Waals surface area contributed by atoms with Gasteiger partial charge in [0.25, 0.3) is 0 Å². The predicted octanol–water partition coefficient (Wildman–Crippen LogP) is 2.75. The molecule has 122 valence electrons. The average molecular weight is 370 g/mol. The van der Waals surface area contributed by atoms with E-state index in [2.05, 4.69) is 40.4 Å². The van der Waals surface area contributed by atoms with Crippen LogP contribution in [0.2, 0.25) is 0 Å². The molecular weight excluding hydrogens is 346 g/mol. The van der Waals surface area contributed by atoms with E-state index in [0.717, 1.165) is 16.5 Å². The second-order valence-corrected chi connectivity index (χ2v) is 6.70. The first-order valence-corrected chi connectivity index (χ1v) is 8.16. The van der Waals surface area contributed by atoms with Crippen LogP contribution in [0.15, 0.2) is 28.7 Å². The summed E-state index contributed by atoms with van der Waals surface area (Å²) in [5, 5.41) is 5.02.